The van der Waals surface area contributed by atoms with Crippen LogP contribution in [-0.4, -0.2) is 25.0 Å². The molecule has 0 radical (unpaired) electrons. The first-order chi connectivity index (χ1) is 12.0. The lowest BCUT2D eigenvalue weighted by atomic mass is 10.2. The van der Waals surface area contributed by atoms with E-state index < -0.39 is 0 Å². The molecule has 2 aromatic rings. The molecular weight excluding hydrogens is 384 g/mol. The van der Waals surface area contributed by atoms with E-state index in [-0.39, 0.29) is 18.4 Å². The maximum Gasteiger partial charge on any atom is 0.262 e. The second-order valence-electron chi connectivity index (χ2n) is 5.95. The average Bonchev–Trinajstić information content (AvgIpc) is 3.03. The van der Waals surface area contributed by atoms with Gasteiger partial charge in [-0.25, -0.2) is 0 Å². The van der Waals surface area contributed by atoms with Crippen LogP contribution in [0.3, 0.4) is 0 Å². The van der Waals surface area contributed by atoms with Crippen molar-refractivity contribution in [2.24, 2.45) is 0 Å². The molecule has 0 aromatic heterocycles. The third-order valence-electron chi connectivity index (χ3n) is 4.01. The van der Waals surface area contributed by atoms with Gasteiger partial charge in [0.2, 0.25) is 5.91 Å². The third kappa shape index (κ3) is 4.39. The van der Waals surface area contributed by atoms with E-state index in [0.717, 1.165) is 34.4 Å². The Morgan fingerprint density at radius 1 is 1.28 bits per heavy atom. The molecule has 5 nitrogen and oxygen atoms in total. The highest BCUT2D eigenvalue weighted by atomic mass is 79.9. The quantitative estimate of drug-likeness (QED) is 0.824. The number of hydrogen-bond donors (Lipinski definition) is 1. The molecule has 0 bridgehead atoms. The largest absolute Gasteiger partial charge is 0.484 e. The van der Waals surface area contributed by atoms with Crippen molar-refractivity contribution >= 4 is 39.1 Å². The van der Waals surface area contributed by atoms with Crippen molar-refractivity contribution in [2.45, 2.75) is 19.8 Å². The standard InChI is InChI=1S/C19H19BrN2O3/c1-13-10-14(7-8-17(13)20)21-18(23)12-25-16-5-2-4-15(11-16)22-9-3-6-19(22)24/h2,4-5,7-8,10-11H,3,6,9,12H2,1H3,(H,21,23). The maximum atomic E-state index is 12.1. The molecule has 1 aliphatic rings. The molecule has 3 rings (SSSR count). The lowest BCUT2D eigenvalue weighted by Gasteiger charge is -2.16. The average molecular weight is 403 g/mol. The lowest BCUT2D eigenvalue weighted by molar-refractivity contribution is -0.118. The molecule has 0 atom stereocenters. The zero-order valence-electron chi connectivity index (χ0n) is 13.9. The van der Waals surface area contributed by atoms with E-state index in [0.29, 0.717) is 12.2 Å². The Morgan fingerprint density at radius 3 is 2.84 bits per heavy atom. The number of halogens is 1. The van der Waals surface area contributed by atoms with Gasteiger partial charge in [0.25, 0.3) is 5.91 Å². The van der Waals surface area contributed by atoms with Gasteiger partial charge in [0.05, 0.1) is 0 Å². The molecule has 25 heavy (non-hydrogen) atoms. The van der Waals surface area contributed by atoms with Crippen LogP contribution in [0.2, 0.25) is 0 Å². The minimum atomic E-state index is -0.232. The van der Waals surface area contributed by atoms with Crippen molar-refractivity contribution < 1.29 is 14.3 Å². The number of carbonyl (C=O) groups is 2. The van der Waals surface area contributed by atoms with Gasteiger partial charge in [-0.05, 0) is 49.2 Å². The van der Waals surface area contributed by atoms with Crippen molar-refractivity contribution in [3.63, 3.8) is 0 Å². The first kappa shape index (κ1) is 17.5. The smallest absolute Gasteiger partial charge is 0.262 e. The van der Waals surface area contributed by atoms with Gasteiger partial charge in [-0.1, -0.05) is 22.0 Å². The number of carbonyl (C=O) groups excluding carboxylic acids is 2. The second-order valence-corrected chi connectivity index (χ2v) is 6.80. The van der Waals surface area contributed by atoms with E-state index in [1.807, 2.05) is 37.3 Å². The van der Waals surface area contributed by atoms with E-state index in [1.165, 1.54) is 0 Å². The summed E-state index contributed by atoms with van der Waals surface area (Å²) >= 11 is 3.43. The molecule has 1 aliphatic heterocycles. The Labute approximate surface area is 155 Å². The van der Waals surface area contributed by atoms with Crippen LogP contribution >= 0.6 is 15.9 Å². The summed E-state index contributed by atoms with van der Waals surface area (Å²) in [6.45, 7) is 2.60. The van der Waals surface area contributed by atoms with Crippen molar-refractivity contribution in [1.82, 2.24) is 0 Å². The fourth-order valence-corrected chi connectivity index (χ4v) is 2.98. The van der Waals surface area contributed by atoms with Crippen LogP contribution < -0.4 is 15.0 Å². The molecule has 0 spiro atoms. The molecular formula is C19H19BrN2O3. The molecule has 1 saturated heterocycles. The topological polar surface area (TPSA) is 58.6 Å². The molecule has 130 valence electrons. The van der Waals surface area contributed by atoms with E-state index in [1.54, 1.807) is 17.0 Å². The summed E-state index contributed by atoms with van der Waals surface area (Å²) in [5.74, 6) is 0.462. The van der Waals surface area contributed by atoms with Crippen LogP contribution in [0.25, 0.3) is 0 Å². The summed E-state index contributed by atoms with van der Waals surface area (Å²) in [6.07, 6.45) is 1.46. The molecule has 6 heteroatoms. The fourth-order valence-electron chi connectivity index (χ4n) is 2.73. The SMILES string of the molecule is Cc1cc(NC(=O)COc2cccc(N3CCCC3=O)c2)ccc1Br. The summed E-state index contributed by atoms with van der Waals surface area (Å²) in [4.78, 5) is 25.6. The summed E-state index contributed by atoms with van der Waals surface area (Å²) in [5, 5.41) is 2.81. The van der Waals surface area contributed by atoms with E-state index >= 15 is 0 Å². The summed E-state index contributed by atoms with van der Waals surface area (Å²) in [5.41, 5.74) is 2.58. The van der Waals surface area contributed by atoms with Crippen molar-refractivity contribution in [3.05, 3.63) is 52.5 Å². The summed E-state index contributed by atoms with van der Waals surface area (Å²) in [6, 6.07) is 12.9. The van der Waals surface area contributed by atoms with Gasteiger partial charge in [0.1, 0.15) is 5.75 Å². The number of anilines is 2. The summed E-state index contributed by atoms with van der Waals surface area (Å²) in [7, 11) is 0. The molecule has 0 aliphatic carbocycles. The van der Waals surface area contributed by atoms with Gasteiger partial charge in [-0.2, -0.15) is 0 Å². The Morgan fingerprint density at radius 2 is 2.12 bits per heavy atom. The number of ether oxygens (including phenoxy) is 1. The highest BCUT2D eigenvalue weighted by Crippen LogP contribution is 2.25. The van der Waals surface area contributed by atoms with E-state index in [2.05, 4.69) is 21.2 Å². The number of aryl methyl sites for hydroxylation is 1. The van der Waals surface area contributed by atoms with Crippen molar-refractivity contribution in [2.75, 3.05) is 23.4 Å². The van der Waals surface area contributed by atoms with Crippen LogP contribution in [0.4, 0.5) is 11.4 Å². The predicted octanol–water partition coefficient (Wildman–Crippen LogP) is 3.90. The number of amides is 2. The van der Waals surface area contributed by atoms with Crippen LogP contribution in [0, 0.1) is 6.92 Å². The predicted molar refractivity (Wildman–Crippen MR) is 101 cm³/mol. The first-order valence-electron chi connectivity index (χ1n) is 8.12. The van der Waals surface area contributed by atoms with Gasteiger partial charge in [0.15, 0.2) is 6.61 Å². The van der Waals surface area contributed by atoms with Crippen LogP contribution in [0.15, 0.2) is 46.9 Å². The normalized spacial score (nSPS) is 13.8. The van der Waals surface area contributed by atoms with Gasteiger partial charge < -0.3 is 15.0 Å². The molecule has 2 aromatic carbocycles. The Balaban J connectivity index is 1.58. The zero-order valence-corrected chi connectivity index (χ0v) is 15.5. The molecule has 1 N–H and O–H groups in total. The molecule has 1 fully saturated rings. The van der Waals surface area contributed by atoms with E-state index in [4.69, 9.17) is 4.74 Å². The monoisotopic (exact) mass is 402 g/mol. The molecule has 1 heterocycles. The van der Waals surface area contributed by atoms with Crippen LogP contribution in [0.1, 0.15) is 18.4 Å². The van der Waals surface area contributed by atoms with Crippen molar-refractivity contribution in [3.8, 4) is 5.75 Å². The molecule has 2 amide bonds. The third-order valence-corrected chi connectivity index (χ3v) is 4.90. The number of nitrogens with zero attached hydrogens (tertiary/aromatic N) is 1. The first-order valence-corrected chi connectivity index (χ1v) is 8.91. The highest BCUT2D eigenvalue weighted by molar-refractivity contribution is 9.10. The number of benzene rings is 2. The van der Waals surface area contributed by atoms with Gasteiger partial charge in [-0.15, -0.1) is 0 Å². The summed E-state index contributed by atoms with van der Waals surface area (Å²) < 4.78 is 6.57. The van der Waals surface area contributed by atoms with Crippen LogP contribution in [-0.2, 0) is 9.59 Å². The highest BCUT2D eigenvalue weighted by Gasteiger charge is 2.21. The maximum absolute atomic E-state index is 12.1. The van der Waals surface area contributed by atoms with Gasteiger partial charge in [-0.3, -0.25) is 9.59 Å². The van der Waals surface area contributed by atoms with E-state index in [9.17, 15) is 9.59 Å². The molecule has 0 saturated carbocycles. The number of rotatable bonds is 5. The Bertz CT molecular complexity index is 807. The fraction of sp³-hybridized carbons (Fsp3) is 0.263. The minimum absolute atomic E-state index is 0.0908. The van der Waals surface area contributed by atoms with Gasteiger partial charge >= 0.3 is 0 Å². The Kier molecular flexibility index (Phi) is 5.38. The molecule has 0 unspecified atom stereocenters. The second kappa shape index (κ2) is 7.70. The minimum Gasteiger partial charge on any atom is -0.484 e. The van der Waals surface area contributed by atoms with Crippen LogP contribution in [0.5, 0.6) is 5.75 Å². The van der Waals surface area contributed by atoms with Gasteiger partial charge in [0, 0.05) is 34.9 Å². The van der Waals surface area contributed by atoms with Crippen molar-refractivity contribution in [1.29, 1.82) is 0 Å². The number of hydrogen-bond acceptors (Lipinski definition) is 3. The zero-order chi connectivity index (χ0) is 17.8. The Hall–Kier alpha value is -2.34. The lowest BCUT2D eigenvalue weighted by Crippen LogP contribution is -2.24. The number of nitrogens with one attached hydrogen (secondary N) is 1.